The molecule has 3 rings (SSSR count). The highest BCUT2D eigenvalue weighted by Gasteiger charge is 2.35. The van der Waals surface area contributed by atoms with Crippen molar-refractivity contribution in [2.45, 2.75) is 19.1 Å². The molecular weight excluding hydrogens is 345 g/mol. The van der Waals surface area contributed by atoms with Crippen molar-refractivity contribution in [2.24, 2.45) is 0 Å². The largest absolute Gasteiger partial charge is 0.417 e. The fourth-order valence-corrected chi connectivity index (χ4v) is 2.54. The topological polar surface area (TPSA) is 59.8 Å². The van der Waals surface area contributed by atoms with Crippen molar-refractivity contribution in [3.63, 3.8) is 0 Å². The van der Waals surface area contributed by atoms with Crippen LogP contribution in [0.25, 0.3) is 5.69 Å². The molecule has 0 spiro atoms. The van der Waals surface area contributed by atoms with E-state index in [0.29, 0.717) is 0 Å². The monoisotopic (exact) mass is 360 g/mol. The number of hydrogen-bond acceptors (Lipinski definition) is 3. The average Bonchev–Trinajstić information content (AvgIpc) is 3.15. The van der Waals surface area contributed by atoms with Crippen LogP contribution >= 0.6 is 0 Å². The van der Waals surface area contributed by atoms with Gasteiger partial charge in [-0.15, -0.1) is 0 Å². The maximum atomic E-state index is 13.1. The second-order valence-electron chi connectivity index (χ2n) is 5.67. The average molecular weight is 360 g/mol. The number of carbonyl (C=O) groups excluding carboxylic acids is 1. The quantitative estimate of drug-likeness (QED) is 0.770. The Morgan fingerprint density at radius 3 is 2.42 bits per heavy atom. The van der Waals surface area contributed by atoms with E-state index in [1.165, 1.54) is 24.5 Å². The van der Waals surface area contributed by atoms with Crippen LogP contribution in [0.15, 0.2) is 61.2 Å². The minimum atomic E-state index is -4.59. The lowest BCUT2D eigenvalue weighted by Crippen LogP contribution is -2.28. The van der Waals surface area contributed by atoms with Crippen LogP contribution in [0.1, 0.15) is 34.5 Å². The predicted octanol–water partition coefficient (Wildman–Crippen LogP) is 3.78. The molecule has 0 aliphatic rings. The minimum absolute atomic E-state index is 0.397. The standard InChI is InChI=1S/C18H15F3N4O/c1-12(13-6-8-14(9-7-13)25-11-22-10-23-25)24-17(26)15-4-2-3-5-16(15)18(19,20)21/h2-12H,1H3,(H,24,26)/t12-/m0/s1. The Balaban J connectivity index is 1.76. The first kappa shape index (κ1) is 17.7. The van der Waals surface area contributed by atoms with E-state index in [4.69, 9.17) is 0 Å². The van der Waals surface area contributed by atoms with Gasteiger partial charge in [-0.3, -0.25) is 4.79 Å². The molecule has 0 aliphatic carbocycles. The van der Waals surface area contributed by atoms with Gasteiger partial charge in [-0.1, -0.05) is 24.3 Å². The summed E-state index contributed by atoms with van der Waals surface area (Å²) in [7, 11) is 0. The molecule has 0 saturated carbocycles. The SMILES string of the molecule is C[C@H](NC(=O)c1ccccc1C(F)(F)F)c1ccc(-n2cncn2)cc1. The smallest absolute Gasteiger partial charge is 0.346 e. The normalized spacial score (nSPS) is 12.6. The van der Waals surface area contributed by atoms with Gasteiger partial charge in [0.05, 0.1) is 22.9 Å². The van der Waals surface area contributed by atoms with Crippen LogP contribution in [0.4, 0.5) is 13.2 Å². The zero-order valence-electron chi connectivity index (χ0n) is 13.7. The molecule has 5 nitrogen and oxygen atoms in total. The van der Waals surface area contributed by atoms with Gasteiger partial charge < -0.3 is 5.32 Å². The lowest BCUT2D eigenvalue weighted by atomic mass is 10.0. The first-order chi connectivity index (χ1) is 12.4. The number of halogens is 3. The maximum absolute atomic E-state index is 13.1. The number of amides is 1. The fraction of sp³-hybridized carbons (Fsp3) is 0.167. The van der Waals surface area contributed by atoms with E-state index in [9.17, 15) is 18.0 Å². The zero-order valence-corrected chi connectivity index (χ0v) is 13.7. The van der Waals surface area contributed by atoms with Gasteiger partial charge in [0.15, 0.2) is 0 Å². The molecule has 1 N–H and O–H groups in total. The molecule has 2 aromatic carbocycles. The molecule has 1 heterocycles. The number of alkyl halides is 3. The molecular formula is C18H15F3N4O. The first-order valence-electron chi connectivity index (χ1n) is 7.78. The Bertz CT molecular complexity index is 890. The van der Waals surface area contributed by atoms with Crippen molar-refractivity contribution in [3.05, 3.63) is 77.9 Å². The molecule has 0 radical (unpaired) electrons. The molecule has 1 atom stereocenters. The van der Waals surface area contributed by atoms with E-state index in [1.807, 2.05) is 0 Å². The molecule has 134 valence electrons. The predicted molar refractivity (Wildman–Crippen MR) is 88.7 cm³/mol. The molecule has 26 heavy (non-hydrogen) atoms. The number of nitrogens with zero attached hydrogens (tertiary/aromatic N) is 3. The summed E-state index contributed by atoms with van der Waals surface area (Å²) in [5.41, 5.74) is 0.191. The first-order valence-corrected chi connectivity index (χ1v) is 7.78. The second kappa shape index (κ2) is 6.99. The van der Waals surface area contributed by atoms with E-state index < -0.39 is 29.3 Å². The van der Waals surface area contributed by atoms with Crippen molar-refractivity contribution < 1.29 is 18.0 Å². The van der Waals surface area contributed by atoms with Crippen LogP contribution in [0.5, 0.6) is 0 Å². The molecule has 0 bridgehead atoms. The van der Waals surface area contributed by atoms with E-state index in [-0.39, 0.29) is 0 Å². The Labute approximate surface area is 147 Å². The third kappa shape index (κ3) is 3.74. The van der Waals surface area contributed by atoms with Crippen molar-refractivity contribution in [2.75, 3.05) is 0 Å². The number of nitrogens with one attached hydrogen (secondary N) is 1. The van der Waals surface area contributed by atoms with E-state index >= 15 is 0 Å². The fourth-order valence-electron chi connectivity index (χ4n) is 2.54. The summed E-state index contributed by atoms with van der Waals surface area (Å²) >= 11 is 0. The third-order valence-corrected chi connectivity index (χ3v) is 3.90. The summed E-state index contributed by atoms with van der Waals surface area (Å²) in [5.74, 6) is -0.772. The van der Waals surface area contributed by atoms with Crippen molar-refractivity contribution in [1.29, 1.82) is 0 Å². The molecule has 0 unspecified atom stereocenters. The summed E-state index contributed by atoms with van der Waals surface area (Å²) in [4.78, 5) is 16.2. The van der Waals surface area contributed by atoms with Gasteiger partial charge >= 0.3 is 6.18 Å². The van der Waals surface area contributed by atoms with Crippen molar-refractivity contribution >= 4 is 5.91 Å². The molecule has 1 aromatic heterocycles. The lowest BCUT2D eigenvalue weighted by Gasteiger charge is -2.17. The maximum Gasteiger partial charge on any atom is 0.417 e. The zero-order chi connectivity index (χ0) is 18.7. The highest BCUT2D eigenvalue weighted by atomic mass is 19.4. The number of carbonyl (C=O) groups is 1. The molecule has 0 saturated heterocycles. The summed E-state index contributed by atoms with van der Waals surface area (Å²) in [6.45, 7) is 1.71. The Morgan fingerprint density at radius 2 is 1.81 bits per heavy atom. The van der Waals surface area contributed by atoms with Gasteiger partial charge in [-0.2, -0.15) is 18.3 Å². The highest BCUT2D eigenvalue weighted by Crippen LogP contribution is 2.32. The molecule has 1 amide bonds. The summed E-state index contributed by atoms with van der Waals surface area (Å²) in [5, 5.41) is 6.62. The number of rotatable bonds is 4. The summed E-state index contributed by atoms with van der Waals surface area (Å²) in [6, 6.07) is 11.4. The van der Waals surface area contributed by atoms with Crippen molar-refractivity contribution in [3.8, 4) is 5.69 Å². The number of benzene rings is 2. The van der Waals surface area contributed by atoms with Crippen LogP contribution in [0.3, 0.4) is 0 Å². The Morgan fingerprint density at radius 1 is 1.12 bits per heavy atom. The van der Waals surface area contributed by atoms with Crippen LogP contribution in [-0.2, 0) is 6.18 Å². The molecule has 3 aromatic rings. The van der Waals surface area contributed by atoms with Crippen LogP contribution < -0.4 is 5.32 Å². The van der Waals surface area contributed by atoms with Crippen molar-refractivity contribution in [1.82, 2.24) is 20.1 Å². The summed E-state index contributed by atoms with van der Waals surface area (Å²) in [6.07, 6.45) is -1.63. The van der Waals surface area contributed by atoms with Crippen LogP contribution in [0.2, 0.25) is 0 Å². The number of hydrogen-bond donors (Lipinski definition) is 1. The lowest BCUT2D eigenvalue weighted by molar-refractivity contribution is -0.137. The van der Waals surface area contributed by atoms with E-state index in [2.05, 4.69) is 15.4 Å². The van der Waals surface area contributed by atoms with Crippen LogP contribution in [-0.4, -0.2) is 20.7 Å². The number of aromatic nitrogens is 3. The van der Waals surface area contributed by atoms with Gasteiger partial charge in [0.1, 0.15) is 12.7 Å². The van der Waals surface area contributed by atoms with E-state index in [1.54, 1.807) is 42.2 Å². The van der Waals surface area contributed by atoms with Gasteiger partial charge in [0.2, 0.25) is 0 Å². The van der Waals surface area contributed by atoms with Gasteiger partial charge in [-0.05, 0) is 36.8 Å². The highest BCUT2D eigenvalue weighted by molar-refractivity contribution is 5.96. The third-order valence-electron chi connectivity index (χ3n) is 3.90. The molecule has 8 heteroatoms. The Kier molecular flexibility index (Phi) is 4.75. The van der Waals surface area contributed by atoms with Gasteiger partial charge in [-0.25, -0.2) is 9.67 Å². The minimum Gasteiger partial charge on any atom is -0.346 e. The van der Waals surface area contributed by atoms with Gasteiger partial charge in [0.25, 0.3) is 5.91 Å². The van der Waals surface area contributed by atoms with Gasteiger partial charge in [0, 0.05) is 0 Å². The van der Waals surface area contributed by atoms with Crippen LogP contribution in [0, 0.1) is 0 Å². The Hall–Kier alpha value is -3.16. The molecule has 0 fully saturated rings. The second-order valence-corrected chi connectivity index (χ2v) is 5.67. The summed E-state index contributed by atoms with van der Waals surface area (Å²) < 4.78 is 40.7. The van der Waals surface area contributed by atoms with E-state index in [0.717, 1.165) is 17.3 Å². The molecule has 0 aliphatic heterocycles.